The predicted molar refractivity (Wildman–Crippen MR) is 113 cm³/mol. The van der Waals surface area contributed by atoms with E-state index in [9.17, 15) is 10.1 Å². The lowest BCUT2D eigenvalue weighted by Crippen LogP contribution is -2.48. The smallest absolute Gasteiger partial charge is 0.263 e. The predicted octanol–water partition coefficient (Wildman–Crippen LogP) is 3.80. The summed E-state index contributed by atoms with van der Waals surface area (Å²) < 4.78 is 5.84. The molecule has 29 heavy (non-hydrogen) atoms. The zero-order chi connectivity index (χ0) is 20.9. The van der Waals surface area contributed by atoms with Gasteiger partial charge in [0, 0.05) is 30.9 Å². The number of pyridine rings is 1. The van der Waals surface area contributed by atoms with Crippen LogP contribution in [0.3, 0.4) is 0 Å². The molecule has 1 N–H and O–H groups in total. The fourth-order valence-corrected chi connectivity index (χ4v) is 3.50. The molecule has 0 spiro atoms. The van der Waals surface area contributed by atoms with E-state index in [1.165, 1.54) is 0 Å². The van der Waals surface area contributed by atoms with Crippen LogP contribution in [0.25, 0.3) is 0 Å². The van der Waals surface area contributed by atoms with Crippen LogP contribution in [0.1, 0.15) is 32.3 Å². The average Bonchev–Trinajstić information content (AvgIpc) is 2.74. The molecular formula is C22H25ClN4O2. The van der Waals surface area contributed by atoms with E-state index in [-0.39, 0.29) is 5.91 Å². The summed E-state index contributed by atoms with van der Waals surface area (Å²) in [5.41, 5.74) is -0.384. The van der Waals surface area contributed by atoms with E-state index in [0.29, 0.717) is 28.8 Å². The van der Waals surface area contributed by atoms with Crippen molar-refractivity contribution >= 4 is 23.3 Å². The third-order valence-corrected chi connectivity index (χ3v) is 5.36. The number of aromatic nitrogens is 1. The Hall–Kier alpha value is -2.78. The molecule has 1 saturated heterocycles. The Morgan fingerprint density at radius 1 is 1.31 bits per heavy atom. The summed E-state index contributed by atoms with van der Waals surface area (Å²) in [5.74, 6) is 1.59. The van der Waals surface area contributed by atoms with E-state index >= 15 is 0 Å². The van der Waals surface area contributed by atoms with E-state index in [1.54, 1.807) is 56.4 Å². The van der Waals surface area contributed by atoms with Crippen molar-refractivity contribution in [2.24, 2.45) is 5.92 Å². The van der Waals surface area contributed by atoms with Crippen LogP contribution >= 0.6 is 11.6 Å². The van der Waals surface area contributed by atoms with E-state index in [0.717, 1.165) is 31.7 Å². The van der Waals surface area contributed by atoms with Gasteiger partial charge in [0.2, 0.25) is 0 Å². The molecule has 3 rings (SSSR count). The van der Waals surface area contributed by atoms with Gasteiger partial charge in [0.15, 0.2) is 5.60 Å². The largest absolute Gasteiger partial charge is 0.478 e. The van der Waals surface area contributed by atoms with Crippen molar-refractivity contribution in [1.29, 1.82) is 5.26 Å². The molecular weight excluding hydrogens is 388 g/mol. The number of benzene rings is 1. The lowest BCUT2D eigenvalue weighted by molar-refractivity contribution is -0.134. The van der Waals surface area contributed by atoms with E-state index in [1.807, 2.05) is 0 Å². The Bertz CT molecular complexity index is 884. The van der Waals surface area contributed by atoms with Gasteiger partial charge in [0.25, 0.3) is 5.91 Å². The number of nitriles is 1. The van der Waals surface area contributed by atoms with Crippen molar-refractivity contribution in [1.82, 2.24) is 10.3 Å². The molecule has 0 saturated carbocycles. The summed E-state index contributed by atoms with van der Waals surface area (Å²) >= 11 is 5.89. The van der Waals surface area contributed by atoms with Crippen molar-refractivity contribution in [3.63, 3.8) is 0 Å². The number of carbonyl (C=O) groups excluding carboxylic acids is 1. The molecule has 2 heterocycles. The zero-order valence-corrected chi connectivity index (χ0v) is 17.4. The van der Waals surface area contributed by atoms with Crippen LogP contribution in [-0.4, -0.2) is 36.1 Å². The zero-order valence-electron chi connectivity index (χ0n) is 16.7. The van der Waals surface area contributed by atoms with Crippen LogP contribution in [0.5, 0.6) is 5.75 Å². The highest BCUT2D eigenvalue weighted by molar-refractivity contribution is 6.30. The highest BCUT2D eigenvalue weighted by atomic mass is 35.5. The molecule has 0 radical (unpaired) electrons. The lowest BCUT2D eigenvalue weighted by atomic mass is 9.96. The Morgan fingerprint density at radius 3 is 2.66 bits per heavy atom. The quantitative estimate of drug-likeness (QED) is 0.780. The molecule has 1 aliphatic heterocycles. The van der Waals surface area contributed by atoms with Gasteiger partial charge >= 0.3 is 0 Å². The van der Waals surface area contributed by atoms with Gasteiger partial charge in [-0.1, -0.05) is 11.6 Å². The van der Waals surface area contributed by atoms with Crippen molar-refractivity contribution in [2.75, 3.05) is 24.5 Å². The summed E-state index contributed by atoms with van der Waals surface area (Å²) in [6.07, 6.45) is 3.58. The number of nitrogens with one attached hydrogen (secondary N) is 1. The first-order valence-corrected chi connectivity index (χ1v) is 10.1. The van der Waals surface area contributed by atoms with Gasteiger partial charge in [-0.3, -0.25) is 4.79 Å². The molecule has 1 aromatic carbocycles. The first-order valence-electron chi connectivity index (χ1n) is 9.72. The maximum absolute atomic E-state index is 12.6. The van der Waals surface area contributed by atoms with Gasteiger partial charge in [0.05, 0.1) is 5.56 Å². The van der Waals surface area contributed by atoms with Crippen LogP contribution in [-0.2, 0) is 4.79 Å². The molecule has 1 aliphatic rings. The van der Waals surface area contributed by atoms with Gasteiger partial charge in [-0.15, -0.1) is 0 Å². The fraction of sp³-hybridized carbons (Fsp3) is 0.409. The second-order valence-corrected chi connectivity index (χ2v) is 8.13. The normalized spacial score (nSPS) is 14.9. The molecule has 6 nitrogen and oxygen atoms in total. The Kier molecular flexibility index (Phi) is 6.60. The highest BCUT2D eigenvalue weighted by Crippen LogP contribution is 2.24. The molecule has 0 atom stereocenters. The lowest BCUT2D eigenvalue weighted by Gasteiger charge is -2.34. The molecule has 0 bridgehead atoms. The SMILES string of the molecule is CC(C)(Oc1ccc(Cl)cc1)C(=O)NCC1CCN(c2ncccc2C#N)CC1. The number of rotatable bonds is 6. The number of ether oxygens (including phenoxy) is 1. The summed E-state index contributed by atoms with van der Waals surface area (Å²) in [6, 6.07) is 12.7. The fourth-order valence-electron chi connectivity index (χ4n) is 3.38. The Balaban J connectivity index is 1.49. The first-order chi connectivity index (χ1) is 13.9. The number of nitrogens with zero attached hydrogens (tertiary/aromatic N) is 3. The minimum Gasteiger partial charge on any atom is -0.478 e. The number of halogens is 1. The molecule has 152 valence electrons. The van der Waals surface area contributed by atoms with Crippen LogP contribution in [0.15, 0.2) is 42.6 Å². The monoisotopic (exact) mass is 412 g/mol. The topological polar surface area (TPSA) is 78.2 Å². The van der Waals surface area contributed by atoms with Gasteiger partial charge in [-0.2, -0.15) is 5.26 Å². The third kappa shape index (κ3) is 5.39. The van der Waals surface area contributed by atoms with E-state index < -0.39 is 5.60 Å². The van der Waals surface area contributed by atoms with Crippen LogP contribution in [0.4, 0.5) is 5.82 Å². The Labute approximate surface area is 176 Å². The highest BCUT2D eigenvalue weighted by Gasteiger charge is 2.31. The molecule has 0 unspecified atom stereocenters. The van der Waals surface area contributed by atoms with Crippen LogP contribution in [0, 0.1) is 17.2 Å². The third-order valence-electron chi connectivity index (χ3n) is 5.11. The van der Waals surface area contributed by atoms with E-state index in [4.69, 9.17) is 16.3 Å². The maximum atomic E-state index is 12.6. The van der Waals surface area contributed by atoms with Crippen molar-refractivity contribution in [3.8, 4) is 11.8 Å². The standard InChI is InChI=1S/C22H25ClN4O2/c1-22(2,29-19-7-5-18(23)6-8-19)21(28)26-15-16-9-12-27(13-10-16)20-17(14-24)4-3-11-25-20/h3-8,11,16H,9-10,12-13,15H2,1-2H3,(H,26,28). The summed E-state index contributed by atoms with van der Waals surface area (Å²) in [4.78, 5) is 19.1. The second kappa shape index (κ2) is 9.15. The van der Waals surface area contributed by atoms with Crippen LogP contribution < -0.4 is 15.0 Å². The van der Waals surface area contributed by atoms with Crippen molar-refractivity contribution in [2.45, 2.75) is 32.3 Å². The van der Waals surface area contributed by atoms with Gasteiger partial charge in [-0.25, -0.2) is 4.98 Å². The van der Waals surface area contributed by atoms with Gasteiger partial charge < -0.3 is 15.0 Å². The number of hydrogen-bond acceptors (Lipinski definition) is 5. The number of amides is 1. The molecule has 2 aromatic rings. The molecule has 0 aliphatic carbocycles. The minimum atomic E-state index is -0.982. The Morgan fingerprint density at radius 2 is 2.00 bits per heavy atom. The first kappa shape index (κ1) is 20.9. The number of piperidine rings is 1. The molecule has 1 amide bonds. The van der Waals surface area contributed by atoms with E-state index in [2.05, 4.69) is 21.3 Å². The van der Waals surface area contributed by atoms with Crippen LogP contribution in [0.2, 0.25) is 5.02 Å². The number of carbonyl (C=O) groups is 1. The summed E-state index contributed by atoms with van der Waals surface area (Å²) in [6.45, 7) is 5.75. The second-order valence-electron chi connectivity index (χ2n) is 7.69. The average molecular weight is 413 g/mol. The number of anilines is 1. The van der Waals surface area contributed by atoms with Crippen molar-refractivity contribution in [3.05, 3.63) is 53.2 Å². The maximum Gasteiger partial charge on any atom is 0.263 e. The summed E-state index contributed by atoms with van der Waals surface area (Å²) in [7, 11) is 0. The van der Waals surface area contributed by atoms with Gasteiger partial charge in [0.1, 0.15) is 17.6 Å². The molecule has 1 fully saturated rings. The minimum absolute atomic E-state index is 0.147. The molecule has 1 aromatic heterocycles. The number of hydrogen-bond donors (Lipinski definition) is 1. The van der Waals surface area contributed by atoms with Gasteiger partial charge in [-0.05, 0) is 69.0 Å². The summed E-state index contributed by atoms with van der Waals surface area (Å²) in [5, 5.41) is 12.9. The molecule has 7 heteroatoms. The van der Waals surface area contributed by atoms with Crippen molar-refractivity contribution < 1.29 is 9.53 Å².